The van der Waals surface area contributed by atoms with Gasteiger partial charge >= 0.3 is 0 Å². The third-order valence-corrected chi connectivity index (χ3v) is 4.31. The molecule has 1 aromatic rings. The van der Waals surface area contributed by atoms with Crippen LogP contribution in [0.25, 0.3) is 0 Å². The van der Waals surface area contributed by atoms with Gasteiger partial charge in [0.05, 0.1) is 4.92 Å². The van der Waals surface area contributed by atoms with Crippen LogP contribution < -0.4 is 16.0 Å². The van der Waals surface area contributed by atoms with E-state index in [-0.39, 0.29) is 29.6 Å². The van der Waals surface area contributed by atoms with E-state index in [1.165, 1.54) is 30.7 Å². The highest BCUT2D eigenvalue weighted by Gasteiger charge is 2.19. The number of halogens is 1. The fourth-order valence-corrected chi connectivity index (χ4v) is 2.83. The number of non-ortho nitro benzene ring substituents is 1. The number of amides is 2. The van der Waals surface area contributed by atoms with Crippen LogP contribution in [0.4, 0.5) is 5.69 Å². The predicted molar refractivity (Wildman–Crippen MR) is 100 cm³/mol. The Balaban J connectivity index is 0.00000338. The fraction of sp³-hybridized carbons (Fsp3) is 0.529. The van der Waals surface area contributed by atoms with Crippen molar-refractivity contribution in [2.75, 3.05) is 19.6 Å². The summed E-state index contributed by atoms with van der Waals surface area (Å²) in [4.78, 5) is 34.4. The number of rotatable bonds is 7. The van der Waals surface area contributed by atoms with E-state index in [4.69, 9.17) is 0 Å². The first-order chi connectivity index (χ1) is 12.0. The van der Waals surface area contributed by atoms with Gasteiger partial charge in [0.25, 0.3) is 11.6 Å². The zero-order valence-electron chi connectivity index (χ0n) is 14.7. The number of piperidine rings is 1. The smallest absolute Gasteiger partial charge is 0.270 e. The van der Waals surface area contributed by atoms with E-state index in [1.807, 2.05) is 0 Å². The first kappa shape index (κ1) is 21.9. The lowest BCUT2D eigenvalue weighted by atomic mass is 9.96. The number of carbonyl (C=O) groups excluding carboxylic acids is 2. The van der Waals surface area contributed by atoms with E-state index in [0.717, 1.165) is 25.9 Å². The maximum absolute atomic E-state index is 12.1. The van der Waals surface area contributed by atoms with Gasteiger partial charge in [-0.15, -0.1) is 12.4 Å². The van der Waals surface area contributed by atoms with Crippen LogP contribution in [0, 0.1) is 16.0 Å². The molecule has 0 aliphatic carbocycles. The maximum Gasteiger partial charge on any atom is 0.270 e. The highest BCUT2D eigenvalue weighted by atomic mass is 35.5. The zero-order valence-corrected chi connectivity index (χ0v) is 15.5. The van der Waals surface area contributed by atoms with E-state index in [9.17, 15) is 19.7 Å². The second-order valence-electron chi connectivity index (χ2n) is 6.29. The number of carbonyl (C=O) groups is 2. The van der Waals surface area contributed by atoms with Crippen LogP contribution in [-0.4, -0.2) is 42.4 Å². The van der Waals surface area contributed by atoms with Gasteiger partial charge in [0, 0.05) is 24.2 Å². The summed E-state index contributed by atoms with van der Waals surface area (Å²) in [5, 5.41) is 19.5. The second kappa shape index (κ2) is 10.7. The molecule has 0 saturated carbocycles. The molecule has 26 heavy (non-hydrogen) atoms. The minimum atomic E-state index is -0.712. The zero-order chi connectivity index (χ0) is 18.2. The second-order valence-corrected chi connectivity index (χ2v) is 6.29. The topological polar surface area (TPSA) is 113 Å². The lowest BCUT2D eigenvalue weighted by Crippen LogP contribution is -2.45. The molecule has 1 heterocycles. The Hall–Kier alpha value is -2.19. The summed E-state index contributed by atoms with van der Waals surface area (Å²) in [5.41, 5.74) is -0.00650. The molecule has 1 aliphatic rings. The average Bonchev–Trinajstić information content (AvgIpc) is 2.62. The molecule has 9 heteroatoms. The summed E-state index contributed by atoms with van der Waals surface area (Å²) < 4.78 is 0. The van der Waals surface area contributed by atoms with Crippen molar-refractivity contribution in [3.05, 3.63) is 39.9 Å². The molecule has 0 aromatic heterocycles. The minimum Gasteiger partial charge on any atom is -0.354 e. The van der Waals surface area contributed by atoms with Gasteiger partial charge in [0.2, 0.25) is 5.91 Å². The van der Waals surface area contributed by atoms with Crippen molar-refractivity contribution in [2.45, 2.75) is 32.2 Å². The molecule has 2 amide bonds. The Morgan fingerprint density at radius 3 is 2.85 bits per heavy atom. The molecule has 1 aromatic carbocycles. The van der Waals surface area contributed by atoms with Crippen molar-refractivity contribution in [3.8, 4) is 0 Å². The summed E-state index contributed by atoms with van der Waals surface area (Å²) in [6, 6.07) is 4.71. The van der Waals surface area contributed by atoms with E-state index < -0.39 is 16.9 Å². The molecule has 144 valence electrons. The maximum atomic E-state index is 12.1. The molecule has 1 aliphatic heterocycles. The van der Waals surface area contributed by atoms with E-state index in [0.29, 0.717) is 12.5 Å². The van der Waals surface area contributed by atoms with Crippen LogP contribution in [-0.2, 0) is 4.79 Å². The van der Waals surface area contributed by atoms with Crippen molar-refractivity contribution in [1.29, 1.82) is 0 Å². The molecule has 1 saturated heterocycles. The molecular weight excluding hydrogens is 360 g/mol. The van der Waals surface area contributed by atoms with Crippen molar-refractivity contribution in [2.24, 2.45) is 5.92 Å². The summed E-state index contributed by atoms with van der Waals surface area (Å²) in [6.07, 6.45) is 3.24. The van der Waals surface area contributed by atoms with Crippen molar-refractivity contribution < 1.29 is 14.5 Å². The number of nitrogens with one attached hydrogen (secondary N) is 3. The van der Waals surface area contributed by atoms with Gasteiger partial charge in [-0.2, -0.15) is 0 Å². The van der Waals surface area contributed by atoms with Gasteiger partial charge in [0.1, 0.15) is 6.04 Å². The molecule has 2 rings (SSSR count). The Bertz CT molecular complexity index is 635. The largest absolute Gasteiger partial charge is 0.354 e. The van der Waals surface area contributed by atoms with Gasteiger partial charge in [0.15, 0.2) is 0 Å². The van der Waals surface area contributed by atoms with Gasteiger partial charge < -0.3 is 16.0 Å². The molecule has 8 nitrogen and oxygen atoms in total. The predicted octanol–water partition coefficient (Wildman–Crippen LogP) is 1.64. The Morgan fingerprint density at radius 2 is 2.19 bits per heavy atom. The van der Waals surface area contributed by atoms with Crippen LogP contribution >= 0.6 is 12.4 Å². The average molecular weight is 385 g/mol. The molecule has 0 radical (unpaired) electrons. The van der Waals surface area contributed by atoms with Crippen molar-refractivity contribution in [1.82, 2.24) is 16.0 Å². The van der Waals surface area contributed by atoms with Gasteiger partial charge in [-0.3, -0.25) is 19.7 Å². The van der Waals surface area contributed by atoms with Gasteiger partial charge in [-0.1, -0.05) is 6.07 Å². The molecule has 2 unspecified atom stereocenters. The van der Waals surface area contributed by atoms with Crippen LogP contribution in [0.2, 0.25) is 0 Å². The number of nitro benzene ring substituents is 1. The number of hydrogen-bond acceptors (Lipinski definition) is 5. The van der Waals surface area contributed by atoms with Crippen molar-refractivity contribution in [3.63, 3.8) is 0 Å². The summed E-state index contributed by atoms with van der Waals surface area (Å²) in [7, 11) is 0. The number of hydrogen-bond donors (Lipinski definition) is 3. The SMILES string of the molecule is CC(NC(=O)c1cccc([N+](=O)[O-])c1)C(=O)NCCC1CCCNC1.Cl. The quantitative estimate of drug-likeness (QED) is 0.488. The van der Waals surface area contributed by atoms with Gasteiger partial charge in [-0.05, 0) is 51.3 Å². The Labute approximate surface area is 158 Å². The Morgan fingerprint density at radius 1 is 1.42 bits per heavy atom. The molecular formula is C17H25ClN4O4. The normalized spacial score (nSPS) is 17.5. The van der Waals surface area contributed by atoms with Gasteiger partial charge in [-0.25, -0.2) is 0 Å². The molecule has 0 bridgehead atoms. The van der Waals surface area contributed by atoms with Crippen LogP contribution in [0.15, 0.2) is 24.3 Å². The number of nitro groups is 1. The molecule has 0 spiro atoms. The summed E-state index contributed by atoms with van der Waals surface area (Å²) >= 11 is 0. The molecule has 3 N–H and O–H groups in total. The minimum absolute atomic E-state index is 0. The van der Waals surface area contributed by atoms with E-state index in [2.05, 4.69) is 16.0 Å². The Kier molecular flexibility index (Phi) is 9.01. The molecule has 1 fully saturated rings. The first-order valence-electron chi connectivity index (χ1n) is 8.51. The third kappa shape index (κ3) is 6.61. The number of benzene rings is 1. The highest BCUT2D eigenvalue weighted by Crippen LogP contribution is 2.14. The van der Waals surface area contributed by atoms with E-state index >= 15 is 0 Å². The third-order valence-electron chi connectivity index (χ3n) is 4.31. The van der Waals surface area contributed by atoms with Crippen LogP contribution in [0.3, 0.4) is 0 Å². The van der Waals surface area contributed by atoms with Crippen molar-refractivity contribution >= 4 is 29.9 Å². The van der Waals surface area contributed by atoms with E-state index in [1.54, 1.807) is 6.92 Å². The summed E-state index contributed by atoms with van der Waals surface area (Å²) in [5.74, 6) is -0.200. The van der Waals surface area contributed by atoms with Crippen LogP contribution in [0.5, 0.6) is 0 Å². The standard InChI is InChI=1S/C17H24N4O4.ClH/c1-12(16(22)19-9-7-13-4-3-8-18-11-13)20-17(23)14-5-2-6-15(10-14)21(24)25;/h2,5-6,10,12-13,18H,3-4,7-9,11H2,1H3,(H,19,22)(H,20,23);1H. The number of nitrogens with zero attached hydrogens (tertiary/aromatic N) is 1. The van der Waals surface area contributed by atoms with Crippen LogP contribution in [0.1, 0.15) is 36.5 Å². The molecule has 2 atom stereocenters. The fourth-order valence-electron chi connectivity index (χ4n) is 2.83. The monoisotopic (exact) mass is 384 g/mol. The lowest BCUT2D eigenvalue weighted by Gasteiger charge is -2.23. The highest BCUT2D eigenvalue weighted by molar-refractivity contribution is 5.97. The lowest BCUT2D eigenvalue weighted by molar-refractivity contribution is -0.384. The first-order valence-corrected chi connectivity index (χ1v) is 8.51. The summed E-state index contributed by atoms with van der Waals surface area (Å²) in [6.45, 7) is 4.20.